The number of rotatable bonds is 6. The first-order valence-corrected chi connectivity index (χ1v) is 7.08. The Kier molecular flexibility index (Phi) is 5.25. The van der Waals surface area contributed by atoms with Crippen molar-refractivity contribution in [2.24, 2.45) is 4.99 Å². The minimum atomic E-state index is 1.03. The van der Waals surface area contributed by atoms with Gasteiger partial charge in [-0.2, -0.15) is 4.99 Å². The summed E-state index contributed by atoms with van der Waals surface area (Å²) in [5.41, 5.74) is 2.55. The quantitative estimate of drug-likeness (QED) is 0.706. The summed E-state index contributed by atoms with van der Waals surface area (Å²) in [6, 6.07) is 0. The first kappa shape index (κ1) is 13.1. The smallest absolute Gasteiger partial charge is 0.138 e. The third kappa shape index (κ3) is 3.86. The molecular formula is C15H23N3. The van der Waals surface area contributed by atoms with Gasteiger partial charge >= 0.3 is 0 Å². The zero-order valence-electron chi connectivity index (χ0n) is 11.3. The Morgan fingerprint density at radius 2 is 2.33 bits per heavy atom. The third-order valence-electron chi connectivity index (χ3n) is 3.32. The Morgan fingerprint density at radius 3 is 3.22 bits per heavy atom. The minimum absolute atomic E-state index is 1.03. The van der Waals surface area contributed by atoms with Gasteiger partial charge in [0.05, 0.1) is 0 Å². The van der Waals surface area contributed by atoms with Gasteiger partial charge in [-0.25, -0.2) is 0 Å². The van der Waals surface area contributed by atoms with Crippen LogP contribution in [0.5, 0.6) is 0 Å². The van der Waals surface area contributed by atoms with Crippen LogP contribution in [-0.4, -0.2) is 25.5 Å². The van der Waals surface area contributed by atoms with Crippen LogP contribution in [0.4, 0.5) is 0 Å². The van der Waals surface area contributed by atoms with Gasteiger partial charge in [-0.3, -0.25) is 0 Å². The van der Waals surface area contributed by atoms with E-state index in [2.05, 4.69) is 40.6 Å². The predicted octanol–water partition coefficient (Wildman–Crippen LogP) is 2.53. The summed E-state index contributed by atoms with van der Waals surface area (Å²) >= 11 is 0. The fourth-order valence-corrected chi connectivity index (χ4v) is 2.24. The van der Waals surface area contributed by atoms with Crippen molar-refractivity contribution in [3.05, 3.63) is 29.1 Å². The third-order valence-corrected chi connectivity index (χ3v) is 3.32. The Hall–Kier alpha value is -1.31. The Morgan fingerprint density at radius 1 is 1.39 bits per heavy atom. The molecule has 0 fully saturated rings. The summed E-state index contributed by atoms with van der Waals surface area (Å²) in [6.45, 7) is 5.36. The molecule has 2 heterocycles. The molecule has 3 nitrogen and oxygen atoms in total. The first-order valence-electron chi connectivity index (χ1n) is 7.08. The molecule has 2 aliphatic rings. The molecule has 0 aliphatic carbocycles. The fourth-order valence-electron chi connectivity index (χ4n) is 2.24. The highest BCUT2D eigenvalue weighted by Gasteiger charge is 2.10. The molecular weight excluding hydrogens is 222 g/mol. The number of hydrogen-bond acceptors (Lipinski definition) is 3. The molecule has 0 unspecified atom stereocenters. The Bertz CT molecular complexity index is 398. The van der Waals surface area contributed by atoms with Crippen LogP contribution in [0, 0.1) is 0 Å². The predicted molar refractivity (Wildman–Crippen MR) is 76.7 cm³/mol. The van der Waals surface area contributed by atoms with E-state index in [1.54, 1.807) is 0 Å². The molecule has 0 saturated carbocycles. The van der Waals surface area contributed by atoms with E-state index in [1.807, 2.05) is 0 Å². The average molecular weight is 245 g/mol. The van der Waals surface area contributed by atoms with Gasteiger partial charge in [-0.15, -0.1) is 0 Å². The molecule has 0 bridgehead atoms. The number of allylic oxidation sites excluding steroid dienone is 4. The molecule has 2 aliphatic heterocycles. The van der Waals surface area contributed by atoms with Crippen molar-refractivity contribution in [2.75, 3.05) is 19.6 Å². The van der Waals surface area contributed by atoms with Crippen molar-refractivity contribution in [3.63, 3.8) is 0 Å². The summed E-state index contributed by atoms with van der Waals surface area (Å²) in [5, 5.41) is 6.69. The van der Waals surface area contributed by atoms with E-state index < -0.39 is 0 Å². The van der Waals surface area contributed by atoms with Crippen molar-refractivity contribution in [1.29, 1.82) is 0 Å². The van der Waals surface area contributed by atoms with Crippen molar-refractivity contribution in [3.8, 4) is 0 Å². The van der Waals surface area contributed by atoms with Crippen molar-refractivity contribution < 1.29 is 0 Å². The fraction of sp³-hybridized carbons (Fsp3) is 0.600. The van der Waals surface area contributed by atoms with E-state index in [-0.39, 0.29) is 0 Å². The number of nitrogens with zero attached hydrogens (tertiary/aromatic N) is 1. The van der Waals surface area contributed by atoms with Crippen LogP contribution < -0.4 is 10.6 Å². The lowest BCUT2D eigenvalue weighted by Gasteiger charge is -2.15. The first-order chi connectivity index (χ1) is 8.90. The molecule has 0 aromatic heterocycles. The number of unbranched alkanes of at least 4 members (excludes halogenated alkanes) is 1. The van der Waals surface area contributed by atoms with Gasteiger partial charge in [0.2, 0.25) is 0 Å². The molecule has 0 atom stereocenters. The van der Waals surface area contributed by atoms with Crippen LogP contribution in [0.25, 0.3) is 0 Å². The highest BCUT2D eigenvalue weighted by atomic mass is 15.0. The van der Waals surface area contributed by atoms with Crippen LogP contribution in [0.3, 0.4) is 0 Å². The summed E-state index contributed by atoms with van der Waals surface area (Å²) in [7, 11) is 0. The summed E-state index contributed by atoms with van der Waals surface area (Å²) < 4.78 is 0. The molecule has 0 aromatic rings. The zero-order valence-corrected chi connectivity index (χ0v) is 11.3. The summed E-state index contributed by atoms with van der Waals surface area (Å²) in [5.74, 6) is 4.21. The maximum absolute atomic E-state index is 4.45. The maximum atomic E-state index is 4.45. The minimum Gasteiger partial charge on any atom is -0.369 e. The Balaban J connectivity index is 1.83. The molecule has 0 spiro atoms. The van der Waals surface area contributed by atoms with Crippen LogP contribution in [0.15, 0.2) is 34.1 Å². The molecule has 2 N–H and O–H groups in total. The SMILES string of the molecule is CCNCCCCC1=C=NC2=C(C=C1)CCCN2. The Labute approximate surface area is 110 Å². The maximum Gasteiger partial charge on any atom is 0.138 e. The van der Waals surface area contributed by atoms with Crippen LogP contribution >= 0.6 is 0 Å². The molecule has 0 saturated heterocycles. The lowest BCUT2D eigenvalue weighted by Crippen LogP contribution is -2.19. The lowest BCUT2D eigenvalue weighted by molar-refractivity contribution is 0.642. The molecule has 2 rings (SSSR count). The van der Waals surface area contributed by atoms with Crippen LogP contribution in [-0.2, 0) is 0 Å². The molecule has 0 aromatic carbocycles. The topological polar surface area (TPSA) is 36.4 Å². The van der Waals surface area contributed by atoms with Gasteiger partial charge in [0, 0.05) is 12.1 Å². The van der Waals surface area contributed by atoms with Crippen molar-refractivity contribution >= 4 is 5.87 Å². The largest absolute Gasteiger partial charge is 0.369 e. The van der Waals surface area contributed by atoms with E-state index in [9.17, 15) is 0 Å². The van der Waals surface area contributed by atoms with E-state index in [4.69, 9.17) is 0 Å². The van der Waals surface area contributed by atoms with Gasteiger partial charge in [-0.05, 0) is 62.7 Å². The zero-order chi connectivity index (χ0) is 12.6. The number of nitrogens with one attached hydrogen (secondary N) is 2. The molecule has 98 valence electrons. The second kappa shape index (κ2) is 7.20. The van der Waals surface area contributed by atoms with Gasteiger partial charge < -0.3 is 10.6 Å². The van der Waals surface area contributed by atoms with Gasteiger partial charge in [0.15, 0.2) is 0 Å². The highest BCUT2D eigenvalue weighted by Crippen LogP contribution is 2.20. The lowest BCUT2D eigenvalue weighted by atomic mass is 10.0. The standard InChI is InChI=1S/C15H23N3/c1-2-16-10-4-3-6-13-8-9-14-7-5-11-17-15(14)18-12-13/h8-9,16-17H,2-7,10-11H2,1H3. The van der Waals surface area contributed by atoms with Crippen molar-refractivity contribution in [1.82, 2.24) is 10.6 Å². The van der Waals surface area contributed by atoms with E-state index in [1.165, 1.54) is 30.4 Å². The highest BCUT2D eigenvalue weighted by molar-refractivity contribution is 5.65. The van der Waals surface area contributed by atoms with Crippen LogP contribution in [0.2, 0.25) is 0 Å². The molecule has 0 radical (unpaired) electrons. The second-order valence-corrected chi connectivity index (χ2v) is 4.80. The molecule has 0 amide bonds. The van der Waals surface area contributed by atoms with Gasteiger partial charge in [0.1, 0.15) is 5.82 Å². The number of hydrogen-bond donors (Lipinski definition) is 2. The van der Waals surface area contributed by atoms with E-state index in [0.717, 1.165) is 38.3 Å². The van der Waals surface area contributed by atoms with Gasteiger partial charge in [-0.1, -0.05) is 13.0 Å². The monoisotopic (exact) mass is 245 g/mol. The summed E-state index contributed by atoms with van der Waals surface area (Å²) in [6.07, 6.45) is 10.2. The second-order valence-electron chi connectivity index (χ2n) is 4.80. The van der Waals surface area contributed by atoms with Crippen molar-refractivity contribution in [2.45, 2.75) is 39.0 Å². The average Bonchev–Trinajstić information content (AvgIpc) is 2.61. The number of aliphatic imine (C=N–C) groups is 1. The normalized spacial score (nSPS) is 18.2. The summed E-state index contributed by atoms with van der Waals surface area (Å²) in [4.78, 5) is 4.45. The van der Waals surface area contributed by atoms with E-state index >= 15 is 0 Å². The van der Waals surface area contributed by atoms with E-state index in [0.29, 0.717) is 0 Å². The van der Waals surface area contributed by atoms with Crippen LogP contribution in [0.1, 0.15) is 39.0 Å². The van der Waals surface area contributed by atoms with Gasteiger partial charge in [0.25, 0.3) is 0 Å². The molecule has 3 heteroatoms. The molecule has 18 heavy (non-hydrogen) atoms.